The van der Waals surface area contributed by atoms with E-state index in [1.165, 1.54) is 6.07 Å². The van der Waals surface area contributed by atoms with Gasteiger partial charge < -0.3 is 5.32 Å². The Bertz CT molecular complexity index is 656. The fourth-order valence-electron chi connectivity index (χ4n) is 1.92. The molecule has 2 rings (SSSR count). The Morgan fingerprint density at radius 2 is 1.90 bits per heavy atom. The van der Waals surface area contributed by atoms with Crippen LogP contribution in [0.2, 0.25) is 0 Å². The molecule has 0 aliphatic carbocycles. The van der Waals surface area contributed by atoms with Gasteiger partial charge in [-0.25, -0.2) is 4.39 Å². The number of nitro groups is 1. The number of benzene rings is 2. The highest BCUT2D eigenvalue weighted by Gasteiger charge is 2.10. The molecule has 104 valence electrons. The van der Waals surface area contributed by atoms with Gasteiger partial charge in [0.1, 0.15) is 5.82 Å². The van der Waals surface area contributed by atoms with E-state index in [1.54, 1.807) is 38.1 Å². The molecule has 20 heavy (non-hydrogen) atoms. The third-order valence-corrected chi connectivity index (χ3v) is 3.12. The number of hydrogen-bond acceptors (Lipinski definition) is 3. The zero-order valence-corrected chi connectivity index (χ0v) is 11.3. The Hall–Kier alpha value is -2.43. The zero-order valence-electron chi connectivity index (χ0n) is 11.3. The number of nitrogens with zero attached hydrogens (tertiary/aromatic N) is 1. The standard InChI is InChI=1S/C15H15FN2O2/c1-10-3-4-12(8-15(10)18(19)20)9-17-13-5-6-14(16)11(2)7-13/h3-8,17H,9H2,1-2H3. The van der Waals surface area contributed by atoms with Gasteiger partial charge in [0.05, 0.1) is 4.92 Å². The van der Waals surface area contributed by atoms with Crippen LogP contribution < -0.4 is 5.32 Å². The second-order valence-corrected chi connectivity index (χ2v) is 4.70. The van der Waals surface area contributed by atoms with E-state index >= 15 is 0 Å². The average molecular weight is 274 g/mol. The molecule has 0 saturated carbocycles. The predicted octanol–water partition coefficient (Wildman–Crippen LogP) is 3.96. The van der Waals surface area contributed by atoms with Crippen LogP contribution in [0.15, 0.2) is 36.4 Å². The van der Waals surface area contributed by atoms with Crippen LogP contribution in [0.25, 0.3) is 0 Å². The van der Waals surface area contributed by atoms with E-state index in [-0.39, 0.29) is 16.4 Å². The quantitative estimate of drug-likeness (QED) is 0.678. The van der Waals surface area contributed by atoms with Crippen molar-refractivity contribution in [3.05, 3.63) is 69.0 Å². The van der Waals surface area contributed by atoms with Crippen LogP contribution in [0.3, 0.4) is 0 Å². The van der Waals surface area contributed by atoms with Gasteiger partial charge in [0, 0.05) is 23.9 Å². The molecule has 0 aliphatic heterocycles. The fraction of sp³-hybridized carbons (Fsp3) is 0.200. The van der Waals surface area contributed by atoms with E-state index in [0.717, 1.165) is 11.3 Å². The highest BCUT2D eigenvalue weighted by molar-refractivity contribution is 5.48. The molecular weight excluding hydrogens is 259 g/mol. The van der Waals surface area contributed by atoms with Crippen molar-refractivity contribution in [2.24, 2.45) is 0 Å². The van der Waals surface area contributed by atoms with Gasteiger partial charge in [-0.15, -0.1) is 0 Å². The number of anilines is 1. The third-order valence-electron chi connectivity index (χ3n) is 3.12. The Kier molecular flexibility index (Phi) is 3.98. The predicted molar refractivity (Wildman–Crippen MR) is 76.3 cm³/mol. The summed E-state index contributed by atoms with van der Waals surface area (Å²) in [5.74, 6) is -0.249. The Morgan fingerprint density at radius 1 is 1.15 bits per heavy atom. The van der Waals surface area contributed by atoms with Crippen LogP contribution in [0, 0.1) is 29.8 Å². The van der Waals surface area contributed by atoms with Crippen molar-refractivity contribution in [1.29, 1.82) is 0 Å². The smallest absolute Gasteiger partial charge is 0.272 e. The minimum Gasteiger partial charge on any atom is -0.381 e. The second-order valence-electron chi connectivity index (χ2n) is 4.70. The summed E-state index contributed by atoms with van der Waals surface area (Å²) in [5.41, 5.74) is 2.90. The first-order valence-corrected chi connectivity index (χ1v) is 6.21. The number of rotatable bonds is 4. The minimum atomic E-state index is -0.388. The van der Waals surface area contributed by atoms with Crippen molar-refractivity contribution in [3.8, 4) is 0 Å². The summed E-state index contributed by atoms with van der Waals surface area (Å²) in [7, 11) is 0. The Morgan fingerprint density at radius 3 is 2.55 bits per heavy atom. The lowest BCUT2D eigenvalue weighted by molar-refractivity contribution is -0.385. The van der Waals surface area contributed by atoms with E-state index < -0.39 is 0 Å². The molecule has 0 aliphatic rings. The summed E-state index contributed by atoms with van der Waals surface area (Å²) in [6.07, 6.45) is 0. The van der Waals surface area contributed by atoms with Crippen LogP contribution in [-0.2, 0) is 6.54 Å². The van der Waals surface area contributed by atoms with Gasteiger partial charge in [-0.3, -0.25) is 10.1 Å². The molecule has 5 heteroatoms. The van der Waals surface area contributed by atoms with Gasteiger partial charge in [-0.05, 0) is 43.2 Å². The zero-order chi connectivity index (χ0) is 14.7. The molecule has 0 atom stereocenters. The first-order chi connectivity index (χ1) is 9.47. The molecule has 0 bridgehead atoms. The third kappa shape index (κ3) is 3.12. The van der Waals surface area contributed by atoms with Gasteiger partial charge >= 0.3 is 0 Å². The Balaban J connectivity index is 2.12. The molecule has 2 aromatic carbocycles. The largest absolute Gasteiger partial charge is 0.381 e. The van der Waals surface area contributed by atoms with Crippen LogP contribution in [0.4, 0.5) is 15.8 Å². The highest BCUT2D eigenvalue weighted by atomic mass is 19.1. The SMILES string of the molecule is Cc1cc(NCc2ccc(C)c([N+](=O)[O-])c2)ccc1F. The van der Waals surface area contributed by atoms with Crippen molar-refractivity contribution >= 4 is 11.4 Å². The van der Waals surface area contributed by atoms with Gasteiger partial charge in [0.25, 0.3) is 5.69 Å². The maximum absolute atomic E-state index is 13.1. The number of nitro benzene ring substituents is 1. The molecule has 0 fully saturated rings. The average Bonchev–Trinajstić information content (AvgIpc) is 2.41. The first kappa shape index (κ1) is 14.0. The second kappa shape index (κ2) is 5.69. The minimum absolute atomic E-state index is 0.111. The molecular formula is C15H15FN2O2. The maximum atomic E-state index is 13.1. The van der Waals surface area contributed by atoms with E-state index in [9.17, 15) is 14.5 Å². The molecule has 0 amide bonds. The summed E-state index contributed by atoms with van der Waals surface area (Å²) >= 11 is 0. The van der Waals surface area contributed by atoms with Crippen LogP contribution in [-0.4, -0.2) is 4.92 Å². The van der Waals surface area contributed by atoms with Crippen LogP contribution in [0.1, 0.15) is 16.7 Å². The molecule has 1 N–H and O–H groups in total. The summed E-state index contributed by atoms with van der Waals surface area (Å²) in [4.78, 5) is 10.5. The van der Waals surface area contributed by atoms with Crippen molar-refractivity contribution in [2.45, 2.75) is 20.4 Å². The van der Waals surface area contributed by atoms with E-state index in [0.29, 0.717) is 17.7 Å². The highest BCUT2D eigenvalue weighted by Crippen LogP contribution is 2.20. The molecule has 0 saturated heterocycles. The van der Waals surface area contributed by atoms with Gasteiger partial charge in [-0.1, -0.05) is 12.1 Å². The summed E-state index contributed by atoms with van der Waals surface area (Å²) < 4.78 is 13.1. The molecule has 0 radical (unpaired) electrons. The van der Waals surface area contributed by atoms with E-state index in [1.807, 2.05) is 6.07 Å². The van der Waals surface area contributed by atoms with Gasteiger partial charge in [-0.2, -0.15) is 0 Å². The summed E-state index contributed by atoms with van der Waals surface area (Å²) in [5, 5.41) is 14.0. The summed E-state index contributed by atoms with van der Waals surface area (Å²) in [6.45, 7) is 3.85. The number of hydrogen-bond donors (Lipinski definition) is 1. The van der Waals surface area contributed by atoms with Crippen LogP contribution >= 0.6 is 0 Å². The lowest BCUT2D eigenvalue weighted by atomic mass is 10.1. The topological polar surface area (TPSA) is 55.2 Å². The molecule has 0 spiro atoms. The maximum Gasteiger partial charge on any atom is 0.272 e. The molecule has 4 nitrogen and oxygen atoms in total. The monoisotopic (exact) mass is 274 g/mol. The van der Waals surface area contributed by atoms with Gasteiger partial charge in [0.2, 0.25) is 0 Å². The van der Waals surface area contributed by atoms with Crippen LogP contribution in [0.5, 0.6) is 0 Å². The van der Waals surface area contributed by atoms with Crippen molar-refractivity contribution in [3.63, 3.8) is 0 Å². The number of aryl methyl sites for hydroxylation is 2. The lowest BCUT2D eigenvalue weighted by Gasteiger charge is -2.08. The molecule has 0 unspecified atom stereocenters. The normalized spacial score (nSPS) is 10.3. The molecule has 0 aromatic heterocycles. The first-order valence-electron chi connectivity index (χ1n) is 6.21. The number of halogens is 1. The number of nitrogens with one attached hydrogen (secondary N) is 1. The lowest BCUT2D eigenvalue weighted by Crippen LogP contribution is -2.01. The molecule has 0 heterocycles. The summed E-state index contributed by atoms with van der Waals surface area (Å²) in [6, 6.07) is 9.87. The van der Waals surface area contributed by atoms with Gasteiger partial charge in [0.15, 0.2) is 0 Å². The molecule has 2 aromatic rings. The fourth-order valence-corrected chi connectivity index (χ4v) is 1.92. The Labute approximate surface area is 116 Å². The van der Waals surface area contributed by atoms with Crippen molar-refractivity contribution < 1.29 is 9.31 Å². The van der Waals surface area contributed by atoms with E-state index in [4.69, 9.17) is 0 Å². The van der Waals surface area contributed by atoms with Crippen molar-refractivity contribution in [1.82, 2.24) is 0 Å². The van der Waals surface area contributed by atoms with E-state index in [2.05, 4.69) is 5.32 Å². The van der Waals surface area contributed by atoms with Crippen molar-refractivity contribution in [2.75, 3.05) is 5.32 Å².